The summed E-state index contributed by atoms with van der Waals surface area (Å²) in [6.45, 7) is 5.10. The van der Waals surface area contributed by atoms with Crippen LogP contribution in [0.4, 0.5) is 4.79 Å². The normalized spacial score (nSPS) is 12.9. The summed E-state index contributed by atoms with van der Waals surface area (Å²) in [4.78, 5) is 11.7. The van der Waals surface area contributed by atoms with Crippen molar-refractivity contribution in [3.63, 3.8) is 0 Å². The van der Waals surface area contributed by atoms with E-state index in [1.807, 2.05) is 0 Å². The largest absolute Gasteiger partial charge is 0.444 e. The highest BCUT2D eigenvalue weighted by Crippen LogP contribution is 2.26. The lowest BCUT2D eigenvalue weighted by Gasteiger charge is -2.23. The molecule has 0 heterocycles. The van der Waals surface area contributed by atoms with Crippen molar-refractivity contribution in [2.75, 3.05) is 6.61 Å². The highest BCUT2D eigenvalue weighted by molar-refractivity contribution is 9.10. The minimum Gasteiger partial charge on any atom is -0.444 e. The van der Waals surface area contributed by atoms with Crippen LogP contribution in [-0.2, 0) is 4.74 Å². The van der Waals surface area contributed by atoms with Crippen LogP contribution < -0.4 is 5.32 Å². The fourth-order valence-corrected chi connectivity index (χ4v) is 1.93. The van der Waals surface area contributed by atoms with Gasteiger partial charge in [-0.05, 0) is 54.4 Å². The number of carbonyl (C=O) groups is 1. The van der Waals surface area contributed by atoms with Gasteiger partial charge in [-0.2, -0.15) is 0 Å². The molecule has 19 heavy (non-hydrogen) atoms. The fourth-order valence-electron chi connectivity index (χ4n) is 1.41. The number of hydrogen-bond donors (Lipinski definition) is 2. The molecule has 4 nitrogen and oxygen atoms in total. The molecule has 2 N–H and O–H groups in total. The third-order valence-corrected chi connectivity index (χ3v) is 3.43. The molecule has 106 valence electrons. The standard InChI is InChI=1S/C13H17BrClNO3/c1-13(2,3)19-12(18)16-11(7-17)8-4-5-10(15)9(14)6-8/h4-6,11,17H,7H2,1-3H3,(H,16,18). The topological polar surface area (TPSA) is 58.6 Å². The van der Waals surface area contributed by atoms with E-state index in [0.717, 1.165) is 5.56 Å². The Morgan fingerprint density at radius 1 is 1.53 bits per heavy atom. The molecule has 1 rings (SSSR count). The van der Waals surface area contributed by atoms with Crippen LogP contribution in [0.1, 0.15) is 32.4 Å². The third-order valence-electron chi connectivity index (χ3n) is 2.22. The number of benzene rings is 1. The third kappa shape index (κ3) is 5.38. The molecule has 0 saturated heterocycles. The van der Waals surface area contributed by atoms with E-state index in [9.17, 15) is 9.90 Å². The first-order valence-corrected chi connectivity index (χ1v) is 6.95. The van der Waals surface area contributed by atoms with Crippen molar-refractivity contribution >= 4 is 33.6 Å². The van der Waals surface area contributed by atoms with Crippen LogP contribution in [-0.4, -0.2) is 23.4 Å². The van der Waals surface area contributed by atoms with E-state index in [0.29, 0.717) is 9.50 Å². The first-order valence-electron chi connectivity index (χ1n) is 5.78. The number of alkyl carbamates (subject to hydrolysis) is 1. The van der Waals surface area contributed by atoms with Crippen LogP contribution in [0.15, 0.2) is 22.7 Å². The van der Waals surface area contributed by atoms with Crippen LogP contribution in [0.2, 0.25) is 5.02 Å². The molecular formula is C13H17BrClNO3. The van der Waals surface area contributed by atoms with E-state index < -0.39 is 17.7 Å². The van der Waals surface area contributed by atoms with Gasteiger partial charge in [-0.1, -0.05) is 17.7 Å². The van der Waals surface area contributed by atoms with Crippen molar-refractivity contribution in [2.45, 2.75) is 32.4 Å². The zero-order valence-electron chi connectivity index (χ0n) is 11.0. The van der Waals surface area contributed by atoms with Crippen LogP contribution >= 0.6 is 27.5 Å². The summed E-state index contributed by atoms with van der Waals surface area (Å²) in [5.74, 6) is 0. The molecule has 0 aliphatic heterocycles. The van der Waals surface area contributed by atoms with Crippen molar-refractivity contribution in [3.8, 4) is 0 Å². The molecule has 0 bridgehead atoms. The lowest BCUT2D eigenvalue weighted by atomic mass is 10.1. The number of ether oxygens (including phenoxy) is 1. The van der Waals surface area contributed by atoms with E-state index in [4.69, 9.17) is 16.3 Å². The maximum Gasteiger partial charge on any atom is 0.408 e. The summed E-state index contributed by atoms with van der Waals surface area (Å²) in [5.41, 5.74) is 0.162. The number of amides is 1. The molecule has 0 fully saturated rings. The average molecular weight is 351 g/mol. The van der Waals surface area contributed by atoms with Gasteiger partial charge in [0, 0.05) is 4.47 Å². The summed E-state index contributed by atoms with van der Waals surface area (Å²) in [5, 5.41) is 12.5. The van der Waals surface area contributed by atoms with Gasteiger partial charge in [0.15, 0.2) is 0 Å². The molecule has 1 aromatic rings. The van der Waals surface area contributed by atoms with Gasteiger partial charge < -0.3 is 15.2 Å². The first-order chi connectivity index (χ1) is 8.73. The molecule has 0 radical (unpaired) electrons. The number of carbonyl (C=O) groups excluding carboxylic acids is 1. The average Bonchev–Trinajstić information content (AvgIpc) is 2.27. The molecule has 6 heteroatoms. The molecule has 0 aliphatic rings. The predicted molar refractivity (Wildman–Crippen MR) is 78.3 cm³/mol. The van der Waals surface area contributed by atoms with E-state index >= 15 is 0 Å². The minimum absolute atomic E-state index is 0.229. The van der Waals surface area contributed by atoms with Gasteiger partial charge in [0.2, 0.25) is 0 Å². The van der Waals surface area contributed by atoms with Gasteiger partial charge in [0.25, 0.3) is 0 Å². The second-order valence-electron chi connectivity index (χ2n) is 5.05. The summed E-state index contributed by atoms with van der Waals surface area (Å²) < 4.78 is 5.85. The van der Waals surface area contributed by atoms with Gasteiger partial charge in [-0.3, -0.25) is 0 Å². The molecule has 1 atom stereocenters. The van der Waals surface area contributed by atoms with E-state index in [1.54, 1.807) is 39.0 Å². The van der Waals surface area contributed by atoms with E-state index in [1.165, 1.54) is 0 Å². The Kier molecular flexibility index (Phi) is 5.64. The SMILES string of the molecule is CC(C)(C)OC(=O)NC(CO)c1ccc(Cl)c(Br)c1. The Labute approximate surface area is 126 Å². The summed E-state index contributed by atoms with van der Waals surface area (Å²) in [6.07, 6.45) is -0.572. The Balaban J connectivity index is 2.78. The number of aliphatic hydroxyl groups excluding tert-OH is 1. The highest BCUT2D eigenvalue weighted by atomic mass is 79.9. The summed E-state index contributed by atoms with van der Waals surface area (Å²) in [6, 6.07) is 4.65. The molecule has 0 aliphatic carbocycles. The second-order valence-corrected chi connectivity index (χ2v) is 6.32. The molecule has 1 amide bonds. The van der Waals surface area contributed by atoms with Crippen molar-refractivity contribution in [1.29, 1.82) is 0 Å². The number of nitrogens with one attached hydrogen (secondary N) is 1. The van der Waals surface area contributed by atoms with E-state index in [-0.39, 0.29) is 6.61 Å². The van der Waals surface area contributed by atoms with Crippen LogP contribution in [0.3, 0.4) is 0 Å². The lowest BCUT2D eigenvalue weighted by Crippen LogP contribution is -2.36. The van der Waals surface area contributed by atoms with Crippen LogP contribution in [0.25, 0.3) is 0 Å². The second kappa shape index (κ2) is 6.59. The van der Waals surface area contributed by atoms with Gasteiger partial charge >= 0.3 is 6.09 Å². The summed E-state index contributed by atoms with van der Waals surface area (Å²) in [7, 11) is 0. The minimum atomic E-state index is -0.579. The van der Waals surface area contributed by atoms with Gasteiger partial charge in [-0.25, -0.2) is 4.79 Å². The zero-order valence-corrected chi connectivity index (χ0v) is 13.4. The number of hydrogen-bond acceptors (Lipinski definition) is 3. The molecular weight excluding hydrogens is 334 g/mol. The van der Waals surface area contributed by atoms with Crippen LogP contribution in [0, 0.1) is 0 Å². The monoisotopic (exact) mass is 349 g/mol. The van der Waals surface area contributed by atoms with E-state index in [2.05, 4.69) is 21.2 Å². The Morgan fingerprint density at radius 2 is 2.16 bits per heavy atom. The predicted octanol–water partition coefficient (Wildman–Crippen LogP) is 3.66. The molecule has 1 aromatic carbocycles. The Hall–Kier alpha value is -0.780. The number of aliphatic hydroxyl groups is 1. The fraction of sp³-hybridized carbons (Fsp3) is 0.462. The summed E-state index contributed by atoms with van der Waals surface area (Å²) >= 11 is 9.20. The number of rotatable bonds is 3. The highest BCUT2D eigenvalue weighted by Gasteiger charge is 2.20. The van der Waals surface area contributed by atoms with Gasteiger partial charge in [0.1, 0.15) is 5.60 Å². The quantitative estimate of drug-likeness (QED) is 0.874. The zero-order chi connectivity index (χ0) is 14.6. The van der Waals surface area contributed by atoms with Crippen molar-refractivity contribution < 1.29 is 14.6 Å². The van der Waals surface area contributed by atoms with Crippen molar-refractivity contribution in [2.24, 2.45) is 0 Å². The Morgan fingerprint density at radius 3 is 2.63 bits per heavy atom. The molecule has 0 spiro atoms. The first kappa shape index (κ1) is 16.3. The smallest absolute Gasteiger partial charge is 0.408 e. The molecule has 1 unspecified atom stereocenters. The van der Waals surface area contributed by atoms with Gasteiger partial charge in [0.05, 0.1) is 17.7 Å². The molecule has 0 saturated carbocycles. The van der Waals surface area contributed by atoms with Crippen molar-refractivity contribution in [3.05, 3.63) is 33.3 Å². The lowest BCUT2D eigenvalue weighted by molar-refractivity contribution is 0.0482. The molecule has 0 aromatic heterocycles. The Bertz CT molecular complexity index is 460. The maximum atomic E-state index is 11.7. The van der Waals surface area contributed by atoms with Crippen molar-refractivity contribution in [1.82, 2.24) is 5.32 Å². The van der Waals surface area contributed by atoms with Crippen LogP contribution in [0.5, 0.6) is 0 Å². The van der Waals surface area contributed by atoms with Gasteiger partial charge in [-0.15, -0.1) is 0 Å². The maximum absolute atomic E-state index is 11.7. The number of halogens is 2.